The minimum atomic E-state index is -0.0754. The van der Waals surface area contributed by atoms with Crippen molar-refractivity contribution in [3.63, 3.8) is 0 Å². The molecule has 6 heteroatoms. The molecule has 0 spiro atoms. The molecule has 0 unspecified atom stereocenters. The number of para-hydroxylation sites is 2. The van der Waals surface area contributed by atoms with Crippen LogP contribution in [0.15, 0.2) is 47.3 Å². The summed E-state index contributed by atoms with van der Waals surface area (Å²) in [6, 6.07) is 13.1. The van der Waals surface area contributed by atoms with Gasteiger partial charge in [0.05, 0.1) is 29.8 Å². The molecule has 24 heavy (non-hydrogen) atoms. The molecule has 4 rings (SSSR count). The van der Waals surface area contributed by atoms with Crippen LogP contribution in [-0.4, -0.2) is 23.6 Å². The van der Waals surface area contributed by atoms with Crippen LogP contribution in [0.4, 0.5) is 0 Å². The molecule has 0 aliphatic rings. The molecule has 0 saturated heterocycles. The van der Waals surface area contributed by atoms with Crippen LogP contribution in [-0.2, 0) is 0 Å². The first-order valence-electron chi connectivity index (χ1n) is 7.35. The fourth-order valence-electron chi connectivity index (χ4n) is 2.71. The van der Waals surface area contributed by atoms with Gasteiger partial charge in [-0.25, -0.2) is 9.38 Å². The molecule has 0 saturated carbocycles. The van der Waals surface area contributed by atoms with Crippen molar-refractivity contribution >= 4 is 33.4 Å². The van der Waals surface area contributed by atoms with Crippen molar-refractivity contribution in [2.24, 2.45) is 0 Å². The summed E-state index contributed by atoms with van der Waals surface area (Å²) < 4.78 is 12.9. The second-order valence-electron chi connectivity index (χ2n) is 5.24. The molecule has 4 aromatic rings. The SMILES string of the molecule is COc1ccc(OC)c(/C=c2\sc3nc4ccccc4n3c2=O)c1. The lowest BCUT2D eigenvalue weighted by Gasteiger charge is -2.06. The molecule has 0 atom stereocenters. The number of benzene rings is 2. The van der Waals surface area contributed by atoms with Gasteiger partial charge >= 0.3 is 0 Å². The first-order valence-corrected chi connectivity index (χ1v) is 8.16. The molecule has 0 aliphatic carbocycles. The normalized spacial score (nSPS) is 12.2. The van der Waals surface area contributed by atoms with Crippen molar-refractivity contribution in [1.29, 1.82) is 0 Å². The fourth-order valence-corrected chi connectivity index (χ4v) is 3.68. The van der Waals surface area contributed by atoms with E-state index < -0.39 is 0 Å². The van der Waals surface area contributed by atoms with Gasteiger partial charge < -0.3 is 9.47 Å². The third-order valence-electron chi connectivity index (χ3n) is 3.87. The highest BCUT2D eigenvalue weighted by Gasteiger charge is 2.11. The van der Waals surface area contributed by atoms with Crippen LogP contribution in [0.1, 0.15) is 5.56 Å². The number of hydrogen-bond donors (Lipinski definition) is 0. The standard InChI is InChI=1S/C18H14N2O3S/c1-22-12-7-8-15(23-2)11(9-12)10-16-17(21)20-14-6-4-3-5-13(14)19-18(20)24-16/h3-10H,1-2H3/b16-10-. The largest absolute Gasteiger partial charge is 0.497 e. The topological polar surface area (TPSA) is 52.8 Å². The van der Waals surface area contributed by atoms with Crippen molar-refractivity contribution in [3.05, 3.63) is 62.9 Å². The van der Waals surface area contributed by atoms with Gasteiger partial charge in [-0.3, -0.25) is 4.79 Å². The van der Waals surface area contributed by atoms with Gasteiger partial charge in [-0.15, -0.1) is 0 Å². The van der Waals surface area contributed by atoms with Crippen LogP contribution >= 0.6 is 11.3 Å². The van der Waals surface area contributed by atoms with Crippen molar-refractivity contribution in [2.45, 2.75) is 0 Å². The Labute approximate surface area is 141 Å². The summed E-state index contributed by atoms with van der Waals surface area (Å²) in [6.07, 6.45) is 1.82. The van der Waals surface area contributed by atoms with E-state index in [1.807, 2.05) is 48.5 Å². The van der Waals surface area contributed by atoms with E-state index in [0.717, 1.165) is 16.6 Å². The second-order valence-corrected chi connectivity index (χ2v) is 6.25. The lowest BCUT2D eigenvalue weighted by molar-refractivity contribution is 0.402. The van der Waals surface area contributed by atoms with Gasteiger partial charge in [0.2, 0.25) is 0 Å². The number of methoxy groups -OCH3 is 2. The van der Waals surface area contributed by atoms with E-state index in [4.69, 9.17) is 9.47 Å². The van der Waals surface area contributed by atoms with E-state index in [1.165, 1.54) is 11.3 Å². The summed E-state index contributed by atoms with van der Waals surface area (Å²) in [5.41, 5.74) is 2.37. The van der Waals surface area contributed by atoms with Crippen LogP contribution in [0.2, 0.25) is 0 Å². The van der Waals surface area contributed by atoms with Gasteiger partial charge in [0.25, 0.3) is 5.56 Å². The fraction of sp³-hybridized carbons (Fsp3) is 0.111. The number of ether oxygens (including phenoxy) is 2. The first kappa shape index (κ1) is 14.7. The number of nitrogens with zero attached hydrogens (tertiary/aromatic N) is 2. The molecule has 0 amide bonds. The van der Waals surface area contributed by atoms with Crippen molar-refractivity contribution in [2.75, 3.05) is 14.2 Å². The summed E-state index contributed by atoms with van der Waals surface area (Å²) in [5.74, 6) is 1.40. The van der Waals surface area contributed by atoms with Gasteiger partial charge in [-0.1, -0.05) is 23.5 Å². The summed E-state index contributed by atoms with van der Waals surface area (Å²) >= 11 is 1.36. The van der Waals surface area contributed by atoms with E-state index in [1.54, 1.807) is 18.6 Å². The van der Waals surface area contributed by atoms with E-state index >= 15 is 0 Å². The predicted molar refractivity (Wildman–Crippen MR) is 95.2 cm³/mol. The molecule has 0 N–H and O–H groups in total. The average Bonchev–Trinajstić information content (AvgIpc) is 3.11. The van der Waals surface area contributed by atoms with E-state index in [2.05, 4.69) is 4.98 Å². The highest BCUT2D eigenvalue weighted by atomic mass is 32.1. The van der Waals surface area contributed by atoms with Crippen LogP contribution in [0.25, 0.3) is 22.1 Å². The van der Waals surface area contributed by atoms with Gasteiger partial charge in [-0.05, 0) is 36.4 Å². The highest BCUT2D eigenvalue weighted by Crippen LogP contribution is 2.24. The maximum atomic E-state index is 12.8. The molecule has 2 aromatic carbocycles. The molecule has 2 aromatic heterocycles. The maximum Gasteiger partial charge on any atom is 0.274 e. The zero-order chi connectivity index (χ0) is 16.7. The lowest BCUT2D eigenvalue weighted by Crippen LogP contribution is -2.22. The zero-order valence-electron chi connectivity index (χ0n) is 13.1. The number of rotatable bonds is 3. The van der Waals surface area contributed by atoms with E-state index in [-0.39, 0.29) is 5.56 Å². The highest BCUT2D eigenvalue weighted by molar-refractivity contribution is 7.15. The van der Waals surface area contributed by atoms with E-state index in [9.17, 15) is 4.79 Å². The van der Waals surface area contributed by atoms with Crippen LogP contribution in [0.3, 0.4) is 0 Å². The third-order valence-corrected chi connectivity index (χ3v) is 4.84. The summed E-state index contributed by atoms with van der Waals surface area (Å²) in [5, 5.41) is 0. The Morgan fingerprint density at radius 1 is 1.12 bits per heavy atom. The molecule has 5 nitrogen and oxygen atoms in total. The molecule has 120 valence electrons. The first-order chi connectivity index (χ1) is 11.7. The number of thiazole rings is 1. The van der Waals surface area contributed by atoms with Crippen LogP contribution < -0.4 is 19.6 Å². The van der Waals surface area contributed by atoms with Crippen LogP contribution in [0.5, 0.6) is 11.5 Å². The Morgan fingerprint density at radius 3 is 2.75 bits per heavy atom. The molecule has 0 aliphatic heterocycles. The van der Waals surface area contributed by atoms with Gasteiger partial charge in [0.15, 0.2) is 4.96 Å². The number of imidazole rings is 1. The Kier molecular flexibility index (Phi) is 3.46. The quantitative estimate of drug-likeness (QED) is 0.576. The monoisotopic (exact) mass is 338 g/mol. The molecular formula is C18H14N2O3S. The van der Waals surface area contributed by atoms with E-state index in [0.29, 0.717) is 21.0 Å². The Morgan fingerprint density at radius 2 is 1.96 bits per heavy atom. The van der Waals surface area contributed by atoms with Crippen molar-refractivity contribution in [1.82, 2.24) is 9.38 Å². The lowest BCUT2D eigenvalue weighted by atomic mass is 10.2. The molecule has 0 radical (unpaired) electrons. The average molecular weight is 338 g/mol. The predicted octanol–water partition coefficient (Wildman–Crippen LogP) is 2.47. The van der Waals surface area contributed by atoms with Gasteiger partial charge in [-0.2, -0.15) is 0 Å². The maximum absolute atomic E-state index is 12.8. The van der Waals surface area contributed by atoms with Crippen molar-refractivity contribution < 1.29 is 9.47 Å². The van der Waals surface area contributed by atoms with Gasteiger partial charge in [0, 0.05) is 5.56 Å². The summed E-state index contributed by atoms with van der Waals surface area (Å²) in [6.45, 7) is 0. The third kappa shape index (κ3) is 2.23. The molecule has 0 fully saturated rings. The summed E-state index contributed by atoms with van der Waals surface area (Å²) in [4.78, 5) is 18.0. The summed E-state index contributed by atoms with van der Waals surface area (Å²) in [7, 11) is 3.21. The number of fused-ring (bicyclic) bond motifs is 3. The molecule has 0 bridgehead atoms. The number of aromatic nitrogens is 2. The number of hydrogen-bond acceptors (Lipinski definition) is 5. The Bertz CT molecular complexity index is 1160. The van der Waals surface area contributed by atoms with Gasteiger partial charge in [0.1, 0.15) is 11.5 Å². The minimum Gasteiger partial charge on any atom is -0.497 e. The van der Waals surface area contributed by atoms with Crippen LogP contribution in [0, 0.1) is 0 Å². The zero-order valence-corrected chi connectivity index (χ0v) is 14.0. The second kappa shape index (κ2) is 5.65. The minimum absolute atomic E-state index is 0.0754. The van der Waals surface area contributed by atoms with Crippen molar-refractivity contribution in [3.8, 4) is 11.5 Å². The Balaban J connectivity index is 1.98. The molecule has 2 heterocycles. The molecular weight excluding hydrogens is 324 g/mol. The Hall–Kier alpha value is -2.86. The smallest absolute Gasteiger partial charge is 0.274 e.